The van der Waals surface area contributed by atoms with Gasteiger partial charge in [-0.05, 0) is 74.4 Å². The molecule has 1 aliphatic rings. The molecule has 2 aromatic heterocycles. The average Bonchev–Trinajstić information content (AvgIpc) is 3.25. The fourth-order valence-corrected chi connectivity index (χ4v) is 6.72. The van der Waals surface area contributed by atoms with Gasteiger partial charge in [0, 0.05) is 11.4 Å². The van der Waals surface area contributed by atoms with E-state index in [0.717, 1.165) is 41.9 Å². The molecule has 2 N–H and O–H groups in total. The molecule has 0 spiro atoms. The van der Waals surface area contributed by atoms with Gasteiger partial charge in [-0.25, -0.2) is 13.4 Å². The van der Waals surface area contributed by atoms with Crippen molar-refractivity contribution in [3.8, 4) is 6.07 Å². The van der Waals surface area contributed by atoms with Crippen molar-refractivity contribution in [3.05, 3.63) is 52.2 Å². The summed E-state index contributed by atoms with van der Waals surface area (Å²) in [5, 5.41) is 21.0. The molecular weight excluding hydrogens is 517 g/mol. The number of anilines is 2. The third kappa shape index (κ3) is 6.03. The van der Waals surface area contributed by atoms with Crippen molar-refractivity contribution in [2.24, 2.45) is 5.92 Å². The molecule has 1 amide bonds. The minimum atomic E-state index is -3.82. The summed E-state index contributed by atoms with van der Waals surface area (Å²) in [4.78, 5) is 17.8. The zero-order valence-electron chi connectivity index (χ0n) is 20.1. The van der Waals surface area contributed by atoms with E-state index in [-0.39, 0.29) is 15.9 Å². The van der Waals surface area contributed by atoms with Crippen molar-refractivity contribution in [3.63, 3.8) is 0 Å². The third-order valence-corrected chi connectivity index (χ3v) is 9.42. The predicted octanol–water partition coefficient (Wildman–Crippen LogP) is 4.55. The summed E-state index contributed by atoms with van der Waals surface area (Å²) in [6.45, 7) is 5.84. The van der Waals surface area contributed by atoms with Crippen LogP contribution in [0.4, 0.5) is 10.8 Å². The van der Waals surface area contributed by atoms with Crippen molar-refractivity contribution < 1.29 is 13.2 Å². The minimum absolute atomic E-state index is 0.0426. The third-order valence-electron chi connectivity index (χ3n) is 5.82. The normalized spacial score (nSPS) is 16.0. The smallest absolute Gasteiger partial charge is 0.263 e. The van der Waals surface area contributed by atoms with Crippen LogP contribution in [0.3, 0.4) is 0 Å². The number of hydrogen-bond donors (Lipinski definition) is 2. The van der Waals surface area contributed by atoms with E-state index in [1.807, 2.05) is 13.0 Å². The van der Waals surface area contributed by atoms with Crippen molar-refractivity contribution in [2.45, 2.75) is 61.6 Å². The number of hydrogen-bond acceptors (Lipinski definition) is 9. The highest BCUT2D eigenvalue weighted by Crippen LogP contribution is 2.32. The highest BCUT2D eigenvalue weighted by atomic mass is 32.2. The lowest BCUT2D eigenvalue weighted by Gasteiger charge is -2.22. The maximum atomic E-state index is 13.0. The molecule has 0 bridgehead atoms. The van der Waals surface area contributed by atoms with Crippen LogP contribution in [-0.2, 0) is 27.7 Å². The van der Waals surface area contributed by atoms with Crippen molar-refractivity contribution in [2.75, 3.05) is 10.0 Å². The lowest BCUT2D eigenvalue weighted by Crippen LogP contribution is -2.25. The summed E-state index contributed by atoms with van der Waals surface area (Å²) < 4.78 is 27.6. The molecule has 1 aromatic carbocycles. The molecule has 2 atom stereocenters. The Bertz CT molecular complexity index is 1410. The Morgan fingerprint density at radius 1 is 1.31 bits per heavy atom. The van der Waals surface area contributed by atoms with Gasteiger partial charge in [-0.1, -0.05) is 36.9 Å². The standard InChI is InChI=1S/C24H26N6O3S3/c1-4-21(35-23-17(13-25)12-16-11-14(2)5-10-20(16)27-23)22(31)26-18-6-8-19(9-7-18)36(32,33)30-24-29-28-15(3)34-24/h6-9,12,14,21H,4-5,10-11H2,1-3H3,(H,26,31)(H,29,30). The Kier molecular flexibility index (Phi) is 7.92. The van der Waals surface area contributed by atoms with E-state index in [2.05, 4.69) is 33.2 Å². The van der Waals surface area contributed by atoms with E-state index in [0.29, 0.717) is 33.6 Å². The molecule has 0 saturated carbocycles. The summed E-state index contributed by atoms with van der Waals surface area (Å²) in [7, 11) is -3.82. The monoisotopic (exact) mass is 542 g/mol. The SMILES string of the molecule is CCC(Sc1nc2c(cc1C#N)CC(C)CC2)C(=O)Nc1ccc(S(=O)(=O)Nc2nnc(C)s2)cc1. The molecular formula is C24H26N6O3S3. The second-order valence-corrected chi connectivity index (χ2v) is 12.7. The summed E-state index contributed by atoms with van der Waals surface area (Å²) in [6, 6.07) is 10.1. The van der Waals surface area contributed by atoms with Gasteiger partial charge in [-0.15, -0.1) is 10.2 Å². The van der Waals surface area contributed by atoms with E-state index in [9.17, 15) is 18.5 Å². The Balaban J connectivity index is 1.44. The number of thioether (sulfide) groups is 1. The Morgan fingerprint density at radius 2 is 2.06 bits per heavy atom. The van der Waals surface area contributed by atoms with Gasteiger partial charge in [0.25, 0.3) is 10.0 Å². The van der Waals surface area contributed by atoms with Crippen molar-refractivity contribution in [1.29, 1.82) is 5.26 Å². The Morgan fingerprint density at radius 3 is 2.69 bits per heavy atom. The van der Waals surface area contributed by atoms with Gasteiger partial charge < -0.3 is 5.32 Å². The second-order valence-electron chi connectivity index (χ2n) is 8.67. The molecule has 12 heteroatoms. The maximum absolute atomic E-state index is 13.0. The Labute approximate surface area is 218 Å². The van der Waals surface area contributed by atoms with Crippen LogP contribution in [0, 0.1) is 24.2 Å². The summed E-state index contributed by atoms with van der Waals surface area (Å²) in [5.74, 6) is 0.335. The van der Waals surface area contributed by atoms with Gasteiger partial charge in [-0.2, -0.15) is 5.26 Å². The molecule has 2 heterocycles. The van der Waals surface area contributed by atoms with E-state index in [1.165, 1.54) is 36.0 Å². The highest BCUT2D eigenvalue weighted by molar-refractivity contribution is 8.00. The number of aryl methyl sites for hydroxylation is 2. The quantitative estimate of drug-likeness (QED) is 0.396. The number of nitriles is 1. The van der Waals surface area contributed by atoms with Crippen LogP contribution in [-0.4, -0.2) is 34.8 Å². The van der Waals surface area contributed by atoms with Crippen LogP contribution in [0.2, 0.25) is 0 Å². The first-order valence-corrected chi connectivity index (χ1v) is 14.7. The van der Waals surface area contributed by atoms with Crippen LogP contribution >= 0.6 is 23.1 Å². The molecule has 0 radical (unpaired) electrons. The molecule has 0 saturated heterocycles. The average molecular weight is 543 g/mol. The zero-order chi connectivity index (χ0) is 25.9. The topological polar surface area (TPSA) is 138 Å². The van der Waals surface area contributed by atoms with E-state index < -0.39 is 15.3 Å². The largest absolute Gasteiger partial charge is 0.325 e. The summed E-state index contributed by atoms with van der Waals surface area (Å²) in [5.41, 5.74) is 3.10. The van der Waals surface area contributed by atoms with Gasteiger partial charge in [0.1, 0.15) is 16.1 Å². The number of nitrogens with zero attached hydrogens (tertiary/aromatic N) is 4. The van der Waals surface area contributed by atoms with Crippen LogP contribution in [0.25, 0.3) is 0 Å². The van der Waals surface area contributed by atoms with E-state index >= 15 is 0 Å². The fraction of sp³-hybridized carbons (Fsp3) is 0.375. The van der Waals surface area contributed by atoms with Gasteiger partial charge in [0.15, 0.2) is 0 Å². The van der Waals surface area contributed by atoms with Crippen LogP contribution in [0.5, 0.6) is 0 Å². The zero-order valence-corrected chi connectivity index (χ0v) is 22.6. The van der Waals surface area contributed by atoms with Gasteiger partial charge in [-0.3, -0.25) is 9.52 Å². The second kappa shape index (κ2) is 10.9. The van der Waals surface area contributed by atoms with Crippen LogP contribution in [0.15, 0.2) is 40.3 Å². The van der Waals surface area contributed by atoms with Crippen molar-refractivity contribution >= 4 is 49.8 Å². The van der Waals surface area contributed by atoms with E-state index in [1.54, 1.807) is 6.92 Å². The predicted molar refractivity (Wildman–Crippen MR) is 141 cm³/mol. The molecule has 0 aliphatic heterocycles. The first-order valence-electron chi connectivity index (χ1n) is 11.5. The molecule has 3 aromatic rings. The first-order chi connectivity index (χ1) is 17.2. The number of fused-ring (bicyclic) bond motifs is 1. The van der Waals surface area contributed by atoms with Gasteiger partial charge >= 0.3 is 0 Å². The highest BCUT2D eigenvalue weighted by Gasteiger charge is 2.24. The lowest BCUT2D eigenvalue weighted by atomic mass is 9.87. The summed E-state index contributed by atoms with van der Waals surface area (Å²) in [6.07, 6.45) is 3.40. The first kappa shape index (κ1) is 26.1. The number of pyridine rings is 1. The number of nitrogens with one attached hydrogen (secondary N) is 2. The van der Waals surface area contributed by atoms with E-state index in [4.69, 9.17) is 4.98 Å². The number of carbonyl (C=O) groups is 1. The molecule has 188 valence electrons. The number of aromatic nitrogens is 3. The number of sulfonamides is 1. The van der Waals surface area contributed by atoms with Crippen LogP contribution < -0.4 is 10.0 Å². The van der Waals surface area contributed by atoms with Crippen molar-refractivity contribution in [1.82, 2.24) is 15.2 Å². The molecule has 4 rings (SSSR count). The number of carbonyl (C=O) groups excluding carboxylic acids is 1. The molecule has 1 aliphatic carbocycles. The van der Waals surface area contributed by atoms with Gasteiger partial charge in [0.05, 0.1) is 15.7 Å². The number of rotatable bonds is 8. The fourth-order valence-electron chi connectivity index (χ4n) is 3.91. The minimum Gasteiger partial charge on any atom is -0.325 e. The maximum Gasteiger partial charge on any atom is 0.263 e. The Hall–Kier alpha value is -3.01. The van der Waals surface area contributed by atoms with Gasteiger partial charge in [0.2, 0.25) is 11.0 Å². The number of amides is 1. The number of benzene rings is 1. The molecule has 9 nitrogen and oxygen atoms in total. The molecule has 36 heavy (non-hydrogen) atoms. The molecule has 2 unspecified atom stereocenters. The molecule has 0 fully saturated rings. The lowest BCUT2D eigenvalue weighted by molar-refractivity contribution is -0.115. The summed E-state index contributed by atoms with van der Waals surface area (Å²) >= 11 is 2.43. The van der Waals surface area contributed by atoms with Crippen LogP contribution in [0.1, 0.15) is 48.5 Å².